The number of anilines is 1. The number of carboxylic acid groups (broad SMARTS) is 1. The van der Waals surface area contributed by atoms with E-state index in [0.29, 0.717) is 12.4 Å². The van der Waals surface area contributed by atoms with Crippen LogP contribution in [0.15, 0.2) is 40.8 Å². The third-order valence-corrected chi connectivity index (χ3v) is 2.42. The molecule has 0 saturated carbocycles. The van der Waals surface area contributed by atoms with E-state index in [-0.39, 0.29) is 5.76 Å². The number of hydrogen-bond donors (Lipinski definition) is 2. The Bertz CT molecular complexity index is 547. The summed E-state index contributed by atoms with van der Waals surface area (Å²) in [5, 5.41) is 11.7. The molecule has 5 nitrogen and oxygen atoms in total. The van der Waals surface area contributed by atoms with Gasteiger partial charge in [0, 0.05) is 12.6 Å². The molecule has 0 saturated heterocycles. The smallest absolute Gasteiger partial charge is 0.371 e. The lowest BCUT2D eigenvalue weighted by Gasteiger charge is -2.05. The quantitative estimate of drug-likeness (QED) is 0.849. The van der Waals surface area contributed by atoms with Gasteiger partial charge in [-0.3, -0.25) is 0 Å². The number of carbonyl (C=O) groups is 1. The van der Waals surface area contributed by atoms with Gasteiger partial charge in [0.25, 0.3) is 0 Å². The predicted octanol–water partition coefficient (Wildman–Crippen LogP) is 2.60. The molecule has 18 heavy (non-hydrogen) atoms. The summed E-state index contributed by atoms with van der Waals surface area (Å²) < 4.78 is 10.2. The van der Waals surface area contributed by atoms with Crippen LogP contribution in [-0.2, 0) is 6.54 Å². The molecule has 2 rings (SSSR count). The molecule has 94 valence electrons. The monoisotopic (exact) mass is 247 g/mol. The second-order valence-electron chi connectivity index (χ2n) is 3.67. The summed E-state index contributed by atoms with van der Waals surface area (Å²) >= 11 is 0. The average molecular weight is 247 g/mol. The Morgan fingerprint density at radius 2 is 2.22 bits per heavy atom. The lowest BCUT2D eigenvalue weighted by molar-refractivity contribution is 0.0663. The lowest BCUT2D eigenvalue weighted by Crippen LogP contribution is -1.99. The van der Waals surface area contributed by atoms with E-state index in [9.17, 15) is 4.79 Å². The Morgan fingerprint density at radius 1 is 1.39 bits per heavy atom. The van der Waals surface area contributed by atoms with E-state index in [1.807, 2.05) is 24.3 Å². The Balaban J connectivity index is 1.99. The predicted molar refractivity (Wildman–Crippen MR) is 66.0 cm³/mol. The summed E-state index contributed by atoms with van der Waals surface area (Å²) in [5.41, 5.74) is 1.02. The van der Waals surface area contributed by atoms with Crippen LogP contribution < -0.4 is 10.1 Å². The summed E-state index contributed by atoms with van der Waals surface area (Å²) in [4.78, 5) is 10.6. The van der Waals surface area contributed by atoms with Gasteiger partial charge in [-0.25, -0.2) is 4.79 Å². The average Bonchev–Trinajstić information content (AvgIpc) is 2.85. The number of benzene rings is 1. The molecule has 0 aliphatic carbocycles. The van der Waals surface area contributed by atoms with Gasteiger partial charge in [-0.05, 0) is 23.8 Å². The number of methoxy groups -OCH3 is 1. The summed E-state index contributed by atoms with van der Waals surface area (Å²) in [7, 11) is 1.61. The highest BCUT2D eigenvalue weighted by Crippen LogP contribution is 2.16. The number of hydrogen-bond acceptors (Lipinski definition) is 4. The second kappa shape index (κ2) is 5.27. The maximum Gasteiger partial charge on any atom is 0.371 e. The highest BCUT2D eigenvalue weighted by atomic mass is 16.5. The molecule has 1 aromatic carbocycles. The van der Waals surface area contributed by atoms with E-state index in [1.165, 1.54) is 6.07 Å². The number of carboxylic acids is 1. The molecule has 1 aromatic heterocycles. The summed E-state index contributed by atoms with van der Waals surface area (Å²) in [5.74, 6) is 0.0442. The van der Waals surface area contributed by atoms with Gasteiger partial charge in [-0.2, -0.15) is 0 Å². The van der Waals surface area contributed by atoms with Gasteiger partial charge in [0.2, 0.25) is 5.76 Å². The van der Waals surface area contributed by atoms with Crippen molar-refractivity contribution in [1.82, 2.24) is 0 Å². The zero-order chi connectivity index (χ0) is 13.0. The first-order chi connectivity index (χ1) is 8.69. The minimum atomic E-state index is -1.08. The number of nitrogens with one attached hydrogen (secondary N) is 1. The molecule has 0 spiro atoms. The number of rotatable bonds is 5. The highest BCUT2D eigenvalue weighted by molar-refractivity contribution is 5.84. The fraction of sp³-hybridized carbons (Fsp3) is 0.154. The van der Waals surface area contributed by atoms with Crippen molar-refractivity contribution in [3.05, 3.63) is 47.7 Å². The van der Waals surface area contributed by atoms with Crippen molar-refractivity contribution >= 4 is 11.9 Å². The maximum absolute atomic E-state index is 10.6. The van der Waals surface area contributed by atoms with Gasteiger partial charge >= 0.3 is 5.97 Å². The molecule has 0 bridgehead atoms. The molecule has 0 aliphatic heterocycles. The topological polar surface area (TPSA) is 71.7 Å². The molecule has 0 atom stereocenters. The van der Waals surface area contributed by atoms with E-state index >= 15 is 0 Å². The second-order valence-corrected chi connectivity index (χ2v) is 3.67. The summed E-state index contributed by atoms with van der Waals surface area (Å²) in [6.07, 6.45) is 0. The molecule has 0 fully saturated rings. The van der Waals surface area contributed by atoms with Crippen LogP contribution in [0.4, 0.5) is 5.88 Å². The van der Waals surface area contributed by atoms with E-state index in [2.05, 4.69) is 5.32 Å². The standard InChI is InChI=1S/C13H13NO4/c1-17-10-4-2-3-9(7-10)8-14-12-6-5-11(18-12)13(15)16/h2-7,14H,8H2,1H3,(H,15,16). The van der Waals surface area contributed by atoms with Crippen LogP contribution in [0.5, 0.6) is 5.75 Å². The van der Waals surface area contributed by atoms with Crippen molar-refractivity contribution in [2.75, 3.05) is 12.4 Å². The summed E-state index contributed by atoms with van der Waals surface area (Å²) in [6.45, 7) is 0.532. The van der Waals surface area contributed by atoms with Crippen LogP contribution in [0.25, 0.3) is 0 Å². The van der Waals surface area contributed by atoms with Crippen molar-refractivity contribution < 1.29 is 19.1 Å². The fourth-order valence-electron chi connectivity index (χ4n) is 1.52. The van der Waals surface area contributed by atoms with Crippen molar-refractivity contribution in [2.45, 2.75) is 6.54 Å². The van der Waals surface area contributed by atoms with E-state index in [1.54, 1.807) is 13.2 Å². The third kappa shape index (κ3) is 2.82. The van der Waals surface area contributed by atoms with Crippen LogP contribution in [0.1, 0.15) is 16.1 Å². The molecule has 0 aliphatic rings. The largest absolute Gasteiger partial charge is 0.497 e. The van der Waals surface area contributed by atoms with E-state index in [0.717, 1.165) is 11.3 Å². The maximum atomic E-state index is 10.6. The fourth-order valence-corrected chi connectivity index (χ4v) is 1.52. The van der Waals surface area contributed by atoms with Crippen LogP contribution in [-0.4, -0.2) is 18.2 Å². The Labute approximate surface area is 104 Å². The minimum Gasteiger partial charge on any atom is -0.497 e. The molecule has 2 N–H and O–H groups in total. The van der Waals surface area contributed by atoms with Crippen LogP contribution in [0.3, 0.4) is 0 Å². The molecule has 0 unspecified atom stereocenters. The number of aromatic carboxylic acids is 1. The molecule has 1 heterocycles. The lowest BCUT2D eigenvalue weighted by atomic mass is 10.2. The Hall–Kier alpha value is -2.43. The van der Waals surface area contributed by atoms with Crippen molar-refractivity contribution in [2.24, 2.45) is 0 Å². The van der Waals surface area contributed by atoms with Crippen molar-refractivity contribution in [3.63, 3.8) is 0 Å². The van der Waals surface area contributed by atoms with Crippen molar-refractivity contribution in [3.8, 4) is 5.75 Å². The zero-order valence-corrected chi connectivity index (χ0v) is 9.84. The normalized spacial score (nSPS) is 10.1. The van der Waals surface area contributed by atoms with Crippen molar-refractivity contribution in [1.29, 1.82) is 0 Å². The van der Waals surface area contributed by atoms with Crippen LogP contribution in [0.2, 0.25) is 0 Å². The summed E-state index contributed by atoms with van der Waals surface area (Å²) in [6, 6.07) is 10.6. The number of furan rings is 1. The van der Waals surface area contributed by atoms with Gasteiger partial charge in [-0.1, -0.05) is 12.1 Å². The highest BCUT2D eigenvalue weighted by Gasteiger charge is 2.08. The molecule has 0 amide bonds. The van der Waals surface area contributed by atoms with Crippen LogP contribution >= 0.6 is 0 Å². The van der Waals surface area contributed by atoms with E-state index < -0.39 is 5.97 Å². The molecular weight excluding hydrogens is 234 g/mol. The van der Waals surface area contributed by atoms with Gasteiger partial charge in [0.1, 0.15) is 5.75 Å². The Kier molecular flexibility index (Phi) is 3.52. The van der Waals surface area contributed by atoms with Gasteiger partial charge in [0.15, 0.2) is 5.88 Å². The molecule has 2 aromatic rings. The first-order valence-electron chi connectivity index (χ1n) is 5.39. The molecular formula is C13H13NO4. The first-order valence-corrected chi connectivity index (χ1v) is 5.39. The third-order valence-electron chi connectivity index (χ3n) is 2.42. The van der Waals surface area contributed by atoms with E-state index in [4.69, 9.17) is 14.3 Å². The van der Waals surface area contributed by atoms with Gasteiger partial charge in [-0.15, -0.1) is 0 Å². The number of ether oxygens (including phenoxy) is 1. The van der Waals surface area contributed by atoms with Crippen LogP contribution in [0, 0.1) is 0 Å². The SMILES string of the molecule is COc1cccc(CNc2ccc(C(=O)O)o2)c1. The van der Waals surface area contributed by atoms with Gasteiger partial charge < -0.3 is 19.6 Å². The Morgan fingerprint density at radius 3 is 2.89 bits per heavy atom. The zero-order valence-electron chi connectivity index (χ0n) is 9.84. The minimum absolute atomic E-state index is 0.0804. The first kappa shape index (κ1) is 12.0. The van der Waals surface area contributed by atoms with Gasteiger partial charge in [0.05, 0.1) is 7.11 Å². The molecule has 0 radical (unpaired) electrons. The molecule has 5 heteroatoms.